The van der Waals surface area contributed by atoms with E-state index in [-0.39, 0.29) is 16.4 Å². The summed E-state index contributed by atoms with van der Waals surface area (Å²) in [5, 5.41) is 12.9. The Morgan fingerprint density at radius 2 is 1.93 bits per heavy atom. The van der Waals surface area contributed by atoms with Crippen molar-refractivity contribution >= 4 is 50.6 Å². The molecule has 0 unspecified atom stereocenters. The Hall–Kier alpha value is -3.29. The Balaban J connectivity index is 1.89. The van der Waals surface area contributed by atoms with Crippen LogP contribution < -0.4 is 15.8 Å². The van der Waals surface area contributed by atoms with Crippen LogP contribution in [-0.4, -0.2) is 38.4 Å². The first-order valence-corrected chi connectivity index (χ1v) is 9.80. The molecule has 1 amide bonds. The van der Waals surface area contributed by atoms with Crippen LogP contribution in [0.4, 0.5) is 21.5 Å². The third kappa shape index (κ3) is 6.10. The summed E-state index contributed by atoms with van der Waals surface area (Å²) < 4.78 is 43.9. The average Bonchev–Trinajstić information content (AvgIpc) is 2.67. The van der Waals surface area contributed by atoms with E-state index in [4.69, 9.17) is 17.3 Å². The van der Waals surface area contributed by atoms with Gasteiger partial charge in [-0.2, -0.15) is 4.72 Å². The van der Waals surface area contributed by atoms with Crippen molar-refractivity contribution in [2.24, 2.45) is 0 Å². The van der Waals surface area contributed by atoms with Crippen LogP contribution in [0, 0.1) is 15.9 Å². The number of hydrogen-bond acceptors (Lipinski definition) is 8. The number of carbonyl (C=O) groups is 2. The van der Waals surface area contributed by atoms with Crippen LogP contribution >= 0.6 is 11.6 Å². The molecule has 0 aliphatic heterocycles. The van der Waals surface area contributed by atoms with E-state index in [9.17, 15) is 32.5 Å². The number of benzene rings is 2. The van der Waals surface area contributed by atoms with E-state index in [2.05, 4.69) is 10.1 Å². The molecule has 0 bridgehead atoms. The lowest BCUT2D eigenvalue weighted by molar-refractivity contribution is -0.384. The second-order valence-corrected chi connectivity index (χ2v) is 7.81. The number of nitro benzene ring substituents is 1. The number of halogens is 2. The minimum atomic E-state index is -4.29. The first-order chi connectivity index (χ1) is 14.0. The lowest BCUT2D eigenvalue weighted by Crippen LogP contribution is -2.32. The summed E-state index contributed by atoms with van der Waals surface area (Å²) in [6, 6.07) is 6.22. The number of esters is 1. The number of nitro groups is 1. The van der Waals surface area contributed by atoms with Crippen molar-refractivity contribution in [2.45, 2.75) is 4.90 Å². The zero-order chi connectivity index (χ0) is 22.5. The first-order valence-electron chi connectivity index (χ1n) is 7.93. The maximum atomic E-state index is 13.1. The number of nitrogen functional groups attached to an aromatic ring is 1. The maximum absolute atomic E-state index is 13.1. The van der Waals surface area contributed by atoms with Crippen LogP contribution in [0.25, 0.3) is 0 Å². The summed E-state index contributed by atoms with van der Waals surface area (Å²) in [6.45, 7) is -1.58. The fourth-order valence-corrected chi connectivity index (χ4v) is 3.22. The van der Waals surface area contributed by atoms with Gasteiger partial charge < -0.3 is 15.8 Å². The Kier molecular flexibility index (Phi) is 7.26. The monoisotopic (exact) mass is 460 g/mol. The van der Waals surface area contributed by atoms with Crippen LogP contribution in [0.15, 0.2) is 41.3 Å². The molecule has 4 N–H and O–H groups in total. The molecule has 0 heterocycles. The number of carbonyl (C=O) groups excluding carboxylic acids is 2. The molecule has 0 saturated carbocycles. The number of rotatable bonds is 8. The molecule has 2 rings (SSSR count). The Morgan fingerprint density at radius 1 is 1.23 bits per heavy atom. The minimum Gasteiger partial charge on any atom is -0.455 e. The number of nitrogens with two attached hydrogens (primary N) is 1. The summed E-state index contributed by atoms with van der Waals surface area (Å²) in [6.07, 6.45) is 0. The fraction of sp³-hybridized carbons (Fsp3) is 0.125. The highest BCUT2D eigenvalue weighted by Gasteiger charge is 2.21. The van der Waals surface area contributed by atoms with Gasteiger partial charge in [0.05, 0.1) is 14.8 Å². The maximum Gasteiger partial charge on any atom is 0.321 e. The SMILES string of the molecule is Nc1ccc(S(=O)(=O)NCC(=O)OCC(=O)Nc2ccc(F)c(Cl)c2)cc1[N+](=O)[O-]. The van der Waals surface area contributed by atoms with Crippen molar-refractivity contribution in [3.63, 3.8) is 0 Å². The number of anilines is 2. The van der Waals surface area contributed by atoms with Gasteiger partial charge in [0.2, 0.25) is 10.0 Å². The highest BCUT2D eigenvalue weighted by Crippen LogP contribution is 2.24. The molecule has 0 aromatic heterocycles. The van der Waals surface area contributed by atoms with Gasteiger partial charge in [0, 0.05) is 11.8 Å². The van der Waals surface area contributed by atoms with E-state index < -0.39 is 56.4 Å². The number of nitrogens with one attached hydrogen (secondary N) is 2. The summed E-state index contributed by atoms with van der Waals surface area (Å²) in [5.74, 6) is -2.54. The molecule has 14 heteroatoms. The third-order valence-electron chi connectivity index (χ3n) is 3.48. The van der Waals surface area contributed by atoms with Crippen LogP contribution in [0.3, 0.4) is 0 Å². The van der Waals surface area contributed by atoms with Crippen LogP contribution in [0.2, 0.25) is 5.02 Å². The quantitative estimate of drug-likeness (QED) is 0.230. The molecule has 0 fully saturated rings. The first kappa shape index (κ1) is 23.0. The van der Waals surface area contributed by atoms with Crippen LogP contribution in [0.5, 0.6) is 0 Å². The Bertz CT molecular complexity index is 1110. The number of hydrogen-bond donors (Lipinski definition) is 3. The number of nitrogens with zero attached hydrogens (tertiary/aromatic N) is 1. The van der Waals surface area contributed by atoms with Crippen molar-refractivity contribution in [1.82, 2.24) is 4.72 Å². The zero-order valence-corrected chi connectivity index (χ0v) is 16.5. The molecule has 2 aromatic rings. The molecule has 0 saturated heterocycles. The minimum absolute atomic E-state index is 0.160. The van der Waals surface area contributed by atoms with Crippen molar-refractivity contribution in [3.05, 3.63) is 57.4 Å². The molecule has 0 radical (unpaired) electrons. The normalized spacial score (nSPS) is 11.0. The van der Waals surface area contributed by atoms with E-state index >= 15 is 0 Å². The Morgan fingerprint density at radius 3 is 2.57 bits per heavy atom. The van der Waals surface area contributed by atoms with Crippen molar-refractivity contribution in [3.8, 4) is 0 Å². The topological polar surface area (TPSA) is 171 Å². The summed E-state index contributed by atoms with van der Waals surface area (Å²) >= 11 is 5.57. The molecular formula is C16H14ClFN4O7S. The smallest absolute Gasteiger partial charge is 0.321 e. The predicted octanol–water partition coefficient (Wildman–Crippen LogP) is 1.43. The molecule has 0 aliphatic carbocycles. The molecule has 160 valence electrons. The predicted molar refractivity (Wildman–Crippen MR) is 104 cm³/mol. The number of amides is 1. The van der Waals surface area contributed by atoms with Crippen LogP contribution in [0.1, 0.15) is 0 Å². The second-order valence-electron chi connectivity index (χ2n) is 5.64. The van der Waals surface area contributed by atoms with Crippen molar-refractivity contribution in [2.75, 3.05) is 24.2 Å². The van der Waals surface area contributed by atoms with Gasteiger partial charge in [-0.3, -0.25) is 19.7 Å². The molecule has 0 aliphatic rings. The molecule has 11 nitrogen and oxygen atoms in total. The summed E-state index contributed by atoms with van der Waals surface area (Å²) in [5.41, 5.74) is 4.72. The molecule has 2 aromatic carbocycles. The summed E-state index contributed by atoms with van der Waals surface area (Å²) in [7, 11) is -4.29. The van der Waals surface area contributed by atoms with E-state index in [0.717, 1.165) is 30.3 Å². The molecular weight excluding hydrogens is 447 g/mol. The highest BCUT2D eigenvalue weighted by atomic mass is 35.5. The van der Waals surface area contributed by atoms with Gasteiger partial charge in [-0.25, -0.2) is 12.8 Å². The van der Waals surface area contributed by atoms with Crippen molar-refractivity contribution in [1.29, 1.82) is 0 Å². The van der Waals surface area contributed by atoms with Gasteiger partial charge in [-0.05, 0) is 30.3 Å². The Labute approximate surface area is 174 Å². The zero-order valence-electron chi connectivity index (χ0n) is 14.9. The van der Waals surface area contributed by atoms with Gasteiger partial charge >= 0.3 is 5.97 Å². The molecule has 30 heavy (non-hydrogen) atoms. The lowest BCUT2D eigenvalue weighted by atomic mass is 10.3. The van der Waals surface area contributed by atoms with Gasteiger partial charge in [0.1, 0.15) is 18.0 Å². The van der Waals surface area contributed by atoms with E-state index in [0.29, 0.717) is 0 Å². The largest absolute Gasteiger partial charge is 0.455 e. The highest BCUT2D eigenvalue weighted by molar-refractivity contribution is 7.89. The average molecular weight is 461 g/mol. The molecule has 0 atom stereocenters. The number of ether oxygens (including phenoxy) is 1. The van der Waals surface area contributed by atoms with E-state index in [1.807, 2.05) is 4.72 Å². The van der Waals surface area contributed by atoms with Crippen LogP contribution in [-0.2, 0) is 24.3 Å². The van der Waals surface area contributed by atoms with E-state index in [1.54, 1.807) is 0 Å². The van der Waals surface area contributed by atoms with Gasteiger partial charge in [0.15, 0.2) is 6.61 Å². The van der Waals surface area contributed by atoms with Crippen molar-refractivity contribution < 1.29 is 32.1 Å². The third-order valence-corrected chi connectivity index (χ3v) is 5.17. The molecule has 0 spiro atoms. The van der Waals surface area contributed by atoms with E-state index in [1.165, 1.54) is 6.07 Å². The summed E-state index contributed by atoms with van der Waals surface area (Å²) in [4.78, 5) is 32.9. The lowest BCUT2D eigenvalue weighted by Gasteiger charge is -2.09. The fourth-order valence-electron chi connectivity index (χ4n) is 2.05. The second kappa shape index (κ2) is 9.47. The van der Waals surface area contributed by atoms with Gasteiger partial charge in [-0.15, -0.1) is 0 Å². The van der Waals surface area contributed by atoms with Gasteiger partial charge in [-0.1, -0.05) is 11.6 Å². The number of sulfonamides is 1. The van der Waals surface area contributed by atoms with Gasteiger partial charge in [0.25, 0.3) is 11.6 Å². The standard InChI is InChI=1S/C16H14ClFN4O7S/c17-11-5-9(1-3-12(11)18)21-15(23)8-29-16(24)7-20-30(27,28)10-2-4-13(19)14(6-10)22(25)26/h1-6,20H,7-8,19H2,(H,21,23).